The van der Waals surface area contributed by atoms with Crippen molar-refractivity contribution in [1.82, 2.24) is 15.3 Å². The molecule has 0 spiro atoms. The standard InChI is InChI=1S/C15H21N3O/c1-11(2)14(15-16-8-9-17-15)18-13(10-19)12-6-4-3-5-7-12/h3-9,11,13-14,18-19H,10H2,1-2H3,(H,16,17)/t13-,14-/m0/s1. The number of imidazole rings is 1. The van der Waals surface area contributed by atoms with Crippen LogP contribution in [0.3, 0.4) is 0 Å². The maximum absolute atomic E-state index is 9.61. The zero-order chi connectivity index (χ0) is 13.7. The SMILES string of the molecule is CC(C)[C@H](N[C@@H](CO)c1ccccc1)c1ncc[nH]1. The van der Waals surface area contributed by atoms with Crippen LogP contribution >= 0.6 is 0 Å². The molecule has 19 heavy (non-hydrogen) atoms. The van der Waals surface area contributed by atoms with Crippen molar-refractivity contribution >= 4 is 0 Å². The van der Waals surface area contributed by atoms with Crippen molar-refractivity contribution in [3.8, 4) is 0 Å². The average molecular weight is 259 g/mol. The molecule has 0 saturated carbocycles. The topological polar surface area (TPSA) is 60.9 Å². The highest BCUT2D eigenvalue weighted by Gasteiger charge is 2.22. The second kappa shape index (κ2) is 6.50. The van der Waals surface area contributed by atoms with Gasteiger partial charge in [-0.15, -0.1) is 0 Å². The van der Waals surface area contributed by atoms with Crippen molar-refractivity contribution in [2.45, 2.75) is 25.9 Å². The van der Waals surface area contributed by atoms with E-state index in [-0.39, 0.29) is 18.7 Å². The molecular weight excluding hydrogens is 238 g/mol. The molecule has 4 heteroatoms. The van der Waals surface area contributed by atoms with Gasteiger partial charge in [-0.2, -0.15) is 0 Å². The molecule has 0 aliphatic heterocycles. The van der Waals surface area contributed by atoms with Crippen LogP contribution in [0.4, 0.5) is 0 Å². The lowest BCUT2D eigenvalue weighted by Gasteiger charge is -2.26. The molecule has 4 nitrogen and oxygen atoms in total. The molecule has 0 aliphatic rings. The summed E-state index contributed by atoms with van der Waals surface area (Å²) in [7, 11) is 0. The highest BCUT2D eigenvalue weighted by atomic mass is 16.3. The minimum atomic E-state index is -0.0845. The van der Waals surface area contributed by atoms with E-state index in [9.17, 15) is 5.11 Å². The molecule has 0 amide bonds. The maximum Gasteiger partial charge on any atom is 0.123 e. The van der Waals surface area contributed by atoms with Crippen molar-refractivity contribution < 1.29 is 5.11 Å². The Morgan fingerprint density at radius 2 is 2.00 bits per heavy atom. The predicted molar refractivity (Wildman–Crippen MR) is 75.6 cm³/mol. The number of aliphatic hydroxyl groups is 1. The number of hydrogen-bond donors (Lipinski definition) is 3. The van der Waals surface area contributed by atoms with Gasteiger partial charge in [-0.3, -0.25) is 5.32 Å². The number of hydrogen-bond acceptors (Lipinski definition) is 3. The van der Waals surface area contributed by atoms with E-state index in [1.807, 2.05) is 36.5 Å². The van der Waals surface area contributed by atoms with Crippen LogP contribution < -0.4 is 5.32 Å². The first-order valence-electron chi connectivity index (χ1n) is 6.63. The Labute approximate surface area is 113 Å². The van der Waals surface area contributed by atoms with E-state index in [0.29, 0.717) is 5.92 Å². The van der Waals surface area contributed by atoms with Crippen molar-refractivity contribution in [2.24, 2.45) is 5.92 Å². The molecule has 0 radical (unpaired) electrons. The third kappa shape index (κ3) is 3.43. The molecule has 3 N–H and O–H groups in total. The third-order valence-corrected chi connectivity index (χ3v) is 3.25. The Balaban J connectivity index is 2.16. The number of rotatable bonds is 6. The van der Waals surface area contributed by atoms with E-state index < -0.39 is 0 Å². The Morgan fingerprint density at radius 1 is 1.26 bits per heavy atom. The molecule has 0 aliphatic carbocycles. The summed E-state index contributed by atoms with van der Waals surface area (Å²) in [6, 6.07) is 9.99. The molecule has 0 bridgehead atoms. The molecule has 2 atom stereocenters. The molecule has 0 fully saturated rings. The first-order chi connectivity index (χ1) is 9.22. The highest BCUT2D eigenvalue weighted by Crippen LogP contribution is 2.23. The Morgan fingerprint density at radius 3 is 2.53 bits per heavy atom. The Bertz CT molecular complexity index is 467. The minimum Gasteiger partial charge on any atom is -0.394 e. The van der Waals surface area contributed by atoms with Crippen molar-refractivity contribution in [3.63, 3.8) is 0 Å². The summed E-state index contributed by atoms with van der Waals surface area (Å²) in [6.07, 6.45) is 3.58. The number of aromatic amines is 1. The van der Waals surface area contributed by atoms with Crippen LogP contribution in [-0.2, 0) is 0 Å². The lowest BCUT2D eigenvalue weighted by Crippen LogP contribution is -2.32. The number of aliphatic hydroxyl groups excluding tert-OH is 1. The van der Waals surface area contributed by atoms with Gasteiger partial charge in [-0.1, -0.05) is 44.2 Å². The third-order valence-electron chi connectivity index (χ3n) is 3.25. The molecule has 102 valence electrons. The first kappa shape index (κ1) is 13.8. The highest BCUT2D eigenvalue weighted by molar-refractivity contribution is 5.19. The van der Waals surface area contributed by atoms with Gasteiger partial charge in [0, 0.05) is 12.4 Å². The number of aromatic nitrogens is 2. The largest absolute Gasteiger partial charge is 0.394 e. The smallest absolute Gasteiger partial charge is 0.123 e. The van der Waals surface area contributed by atoms with Gasteiger partial charge in [-0.25, -0.2) is 4.98 Å². The molecule has 2 aromatic rings. The monoisotopic (exact) mass is 259 g/mol. The Hall–Kier alpha value is -1.65. The molecule has 1 aromatic carbocycles. The van der Waals surface area contributed by atoms with Crippen LogP contribution in [0, 0.1) is 5.92 Å². The lowest BCUT2D eigenvalue weighted by molar-refractivity contribution is 0.219. The molecule has 2 rings (SSSR count). The van der Waals surface area contributed by atoms with Gasteiger partial charge < -0.3 is 10.1 Å². The van der Waals surface area contributed by atoms with Gasteiger partial charge in [0.05, 0.1) is 18.7 Å². The Kier molecular flexibility index (Phi) is 4.71. The molecular formula is C15H21N3O. The van der Waals surface area contributed by atoms with Crippen LogP contribution in [0.1, 0.15) is 37.3 Å². The van der Waals surface area contributed by atoms with Crippen molar-refractivity contribution in [2.75, 3.05) is 6.61 Å². The summed E-state index contributed by atoms with van der Waals surface area (Å²) < 4.78 is 0. The fraction of sp³-hybridized carbons (Fsp3) is 0.400. The van der Waals surface area contributed by atoms with Gasteiger partial charge in [0.2, 0.25) is 0 Å². The number of nitrogens with one attached hydrogen (secondary N) is 2. The van der Waals surface area contributed by atoms with Crippen LogP contribution in [-0.4, -0.2) is 21.7 Å². The molecule has 1 heterocycles. The van der Waals surface area contributed by atoms with E-state index in [1.54, 1.807) is 6.20 Å². The minimum absolute atomic E-state index is 0.0634. The summed E-state index contributed by atoms with van der Waals surface area (Å²) in [4.78, 5) is 7.46. The number of nitrogens with zero attached hydrogens (tertiary/aromatic N) is 1. The fourth-order valence-electron chi connectivity index (χ4n) is 2.19. The molecule has 0 saturated heterocycles. The fourth-order valence-corrected chi connectivity index (χ4v) is 2.19. The van der Waals surface area contributed by atoms with Crippen LogP contribution in [0.2, 0.25) is 0 Å². The number of benzene rings is 1. The molecule has 0 unspecified atom stereocenters. The van der Waals surface area contributed by atoms with E-state index >= 15 is 0 Å². The van der Waals surface area contributed by atoms with Crippen LogP contribution in [0.15, 0.2) is 42.7 Å². The van der Waals surface area contributed by atoms with Crippen molar-refractivity contribution in [3.05, 3.63) is 54.1 Å². The van der Waals surface area contributed by atoms with Crippen LogP contribution in [0.5, 0.6) is 0 Å². The maximum atomic E-state index is 9.61. The number of H-pyrrole nitrogens is 1. The van der Waals surface area contributed by atoms with Gasteiger partial charge in [0.15, 0.2) is 0 Å². The lowest BCUT2D eigenvalue weighted by atomic mass is 10.00. The van der Waals surface area contributed by atoms with E-state index in [4.69, 9.17) is 0 Å². The van der Waals surface area contributed by atoms with E-state index in [1.165, 1.54) is 0 Å². The zero-order valence-electron chi connectivity index (χ0n) is 11.4. The summed E-state index contributed by atoms with van der Waals surface area (Å²) in [5.41, 5.74) is 1.09. The summed E-state index contributed by atoms with van der Waals surface area (Å²) in [5.74, 6) is 1.29. The van der Waals surface area contributed by atoms with Gasteiger partial charge in [-0.05, 0) is 11.5 Å². The summed E-state index contributed by atoms with van der Waals surface area (Å²) >= 11 is 0. The van der Waals surface area contributed by atoms with Crippen LogP contribution in [0.25, 0.3) is 0 Å². The van der Waals surface area contributed by atoms with Crippen molar-refractivity contribution in [1.29, 1.82) is 0 Å². The zero-order valence-corrected chi connectivity index (χ0v) is 11.4. The second-order valence-corrected chi connectivity index (χ2v) is 5.01. The summed E-state index contributed by atoms with van der Waals surface area (Å²) in [5, 5.41) is 13.1. The first-order valence-corrected chi connectivity index (χ1v) is 6.63. The predicted octanol–water partition coefficient (Wildman–Crippen LogP) is 2.43. The molecule has 1 aromatic heterocycles. The average Bonchev–Trinajstić information content (AvgIpc) is 2.94. The van der Waals surface area contributed by atoms with E-state index in [0.717, 1.165) is 11.4 Å². The van der Waals surface area contributed by atoms with Gasteiger partial charge >= 0.3 is 0 Å². The summed E-state index contributed by atoms with van der Waals surface area (Å²) in [6.45, 7) is 4.34. The van der Waals surface area contributed by atoms with Gasteiger partial charge in [0.25, 0.3) is 0 Å². The van der Waals surface area contributed by atoms with Gasteiger partial charge in [0.1, 0.15) is 5.82 Å². The van der Waals surface area contributed by atoms with E-state index in [2.05, 4.69) is 29.1 Å². The second-order valence-electron chi connectivity index (χ2n) is 5.01. The quantitative estimate of drug-likeness (QED) is 0.746. The normalized spacial score (nSPS) is 14.5.